The third kappa shape index (κ3) is 5.77. The summed E-state index contributed by atoms with van der Waals surface area (Å²) in [6, 6.07) is 10.1. The molecule has 1 N–H and O–H groups in total. The summed E-state index contributed by atoms with van der Waals surface area (Å²) in [5.74, 6) is 0.0768. The molecule has 3 rings (SSSR count). The van der Waals surface area contributed by atoms with Crippen LogP contribution in [-0.2, 0) is 12.6 Å². The topological polar surface area (TPSA) is 51.2 Å². The molecule has 3 aromatic rings. The average molecular weight is 469 g/mol. The molecule has 0 bridgehead atoms. The smallest absolute Gasteiger partial charge is 0.416 e. The van der Waals surface area contributed by atoms with Gasteiger partial charge in [0, 0.05) is 16.3 Å². The number of alkyl halides is 3. The van der Waals surface area contributed by atoms with Gasteiger partial charge in [-0.3, -0.25) is 10.1 Å². The molecular weight excluding hydrogens is 449 g/mol. The summed E-state index contributed by atoms with van der Waals surface area (Å²) in [5, 5.41) is 3.33. The molecule has 31 heavy (non-hydrogen) atoms. The van der Waals surface area contributed by atoms with Crippen LogP contribution in [0.25, 0.3) is 0 Å². The molecule has 9 heteroatoms. The minimum atomic E-state index is -4.45. The molecule has 0 aliphatic rings. The maximum absolute atomic E-state index is 13.0. The van der Waals surface area contributed by atoms with E-state index in [1.165, 1.54) is 17.4 Å². The fourth-order valence-corrected chi connectivity index (χ4v) is 4.05. The number of carbonyl (C=O) groups is 1. The Hall–Kier alpha value is -2.58. The highest BCUT2D eigenvalue weighted by Crippen LogP contribution is 2.34. The van der Waals surface area contributed by atoms with Crippen molar-refractivity contribution in [3.05, 3.63) is 74.7 Å². The first-order chi connectivity index (χ1) is 14.5. The van der Waals surface area contributed by atoms with E-state index in [9.17, 15) is 18.0 Å². The highest BCUT2D eigenvalue weighted by Gasteiger charge is 2.31. The molecule has 1 aromatic heterocycles. The fraction of sp³-hybridized carbons (Fsp3) is 0.273. The Balaban J connectivity index is 1.81. The molecule has 1 amide bonds. The van der Waals surface area contributed by atoms with Crippen LogP contribution in [0.15, 0.2) is 42.5 Å². The first-order valence-corrected chi connectivity index (χ1v) is 10.6. The van der Waals surface area contributed by atoms with E-state index in [0.29, 0.717) is 32.6 Å². The lowest BCUT2D eigenvalue weighted by atomic mass is 10.1. The number of para-hydroxylation sites is 1. The third-order valence-corrected chi connectivity index (χ3v) is 5.77. The first kappa shape index (κ1) is 23.1. The Labute approximate surface area is 187 Å². The molecule has 4 nitrogen and oxygen atoms in total. The minimum Gasteiger partial charge on any atom is -0.490 e. The Morgan fingerprint density at radius 1 is 1.23 bits per heavy atom. The number of thiazole rings is 1. The monoisotopic (exact) mass is 468 g/mol. The van der Waals surface area contributed by atoms with Gasteiger partial charge in [-0.25, -0.2) is 4.98 Å². The summed E-state index contributed by atoms with van der Waals surface area (Å²) in [6.07, 6.45) is -4.37. The number of halogens is 4. The number of aromatic nitrogens is 1. The zero-order valence-electron chi connectivity index (χ0n) is 17.0. The van der Waals surface area contributed by atoms with Gasteiger partial charge in [-0.15, -0.1) is 11.3 Å². The standard InChI is InChI=1S/C22H20ClF3N2O2S/c1-12(2)30-18-7-5-4-6-16(18)20(29)28-21-27-13(3)19(31-21)11-14-10-15(22(24,25)26)8-9-17(14)23/h4-10,12H,11H2,1-3H3,(H,27,28,29). The summed E-state index contributed by atoms with van der Waals surface area (Å²) >= 11 is 7.31. The molecule has 0 fully saturated rings. The van der Waals surface area contributed by atoms with E-state index in [4.69, 9.17) is 16.3 Å². The Morgan fingerprint density at radius 3 is 2.61 bits per heavy atom. The molecular formula is C22H20ClF3N2O2S. The second kappa shape index (κ2) is 9.28. The molecule has 2 aromatic carbocycles. The Kier molecular flexibility index (Phi) is 6.91. The number of rotatable bonds is 6. The van der Waals surface area contributed by atoms with Crippen molar-refractivity contribution in [3.63, 3.8) is 0 Å². The largest absolute Gasteiger partial charge is 0.490 e. The number of hydrogen-bond acceptors (Lipinski definition) is 4. The van der Waals surface area contributed by atoms with Gasteiger partial charge >= 0.3 is 6.18 Å². The normalized spacial score (nSPS) is 11.6. The van der Waals surface area contributed by atoms with Crippen LogP contribution in [0.1, 0.15) is 45.9 Å². The van der Waals surface area contributed by atoms with Crippen LogP contribution in [0.5, 0.6) is 5.75 Å². The van der Waals surface area contributed by atoms with E-state index in [1.807, 2.05) is 13.8 Å². The van der Waals surface area contributed by atoms with Gasteiger partial charge in [-0.1, -0.05) is 23.7 Å². The first-order valence-electron chi connectivity index (χ1n) is 9.43. The van der Waals surface area contributed by atoms with E-state index in [1.54, 1.807) is 31.2 Å². The molecule has 0 spiro atoms. The number of aryl methyl sites for hydroxylation is 1. The van der Waals surface area contributed by atoms with Crippen molar-refractivity contribution in [2.75, 3.05) is 5.32 Å². The van der Waals surface area contributed by atoms with Crippen molar-refractivity contribution in [2.24, 2.45) is 0 Å². The second-order valence-electron chi connectivity index (χ2n) is 7.13. The molecule has 0 saturated carbocycles. The Morgan fingerprint density at radius 2 is 1.94 bits per heavy atom. The summed E-state index contributed by atoms with van der Waals surface area (Å²) < 4.78 is 44.8. The minimum absolute atomic E-state index is 0.0973. The van der Waals surface area contributed by atoms with Gasteiger partial charge in [0.15, 0.2) is 5.13 Å². The van der Waals surface area contributed by atoms with Gasteiger partial charge < -0.3 is 4.74 Å². The van der Waals surface area contributed by atoms with Crippen LogP contribution in [0.4, 0.5) is 18.3 Å². The molecule has 0 unspecified atom stereocenters. The third-order valence-electron chi connectivity index (χ3n) is 4.33. The van der Waals surface area contributed by atoms with E-state index in [-0.39, 0.29) is 23.5 Å². The Bertz CT molecular complexity index is 1100. The van der Waals surface area contributed by atoms with E-state index in [0.717, 1.165) is 12.1 Å². The highest BCUT2D eigenvalue weighted by atomic mass is 35.5. The predicted molar refractivity (Wildman–Crippen MR) is 116 cm³/mol. The molecule has 0 aliphatic carbocycles. The lowest BCUT2D eigenvalue weighted by Gasteiger charge is -2.13. The van der Waals surface area contributed by atoms with E-state index >= 15 is 0 Å². The van der Waals surface area contributed by atoms with Crippen LogP contribution < -0.4 is 10.1 Å². The zero-order chi connectivity index (χ0) is 22.8. The summed E-state index contributed by atoms with van der Waals surface area (Å²) in [4.78, 5) is 17.8. The average Bonchev–Trinajstić information content (AvgIpc) is 3.01. The van der Waals surface area contributed by atoms with Crippen LogP contribution in [0, 0.1) is 6.92 Å². The van der Waals surface area contributed by atoms with E-state index < -0.39 is 11.7 Å². The maximum atomic E-state index is 13.0. The van der Waals surface area contributed by atoms with E-state index in [2.05, 4.69) is 10.3 Å². The number of carbonyl (C=O) groups excluding carboxylic acids is 1. The molecule has 0 radical (unpaired) electrons. The van der Waals surface area contributed by atoms with Gasteiger partial charge in [0.2, 0.25) is 0 Å². The lowest BCUT2D eigenvalue weighted by Crippen LogP contribution is -2.15. The predicted octanol–water partition coefficient (Wildman–Crippen LogP) is 6.75. The quantitative estimate of drug-likeness (QED) is 0.435. The van der Waals surface area contributed by atoms with Crippen molar-refractivity contribution in [2.45, 2.75) is 39.5 Å². The van der Waals surface area contributed by atoms with Gasteiger partial charge in [-0.2, -0.15) is 13.2 Å². The molecule has 0 aliphatic heterocycles. The molecule has 164 valence electrons. The van der Waals surface area contributed by atoms with Gasteiger partial charge in [0.05, 0.1) is 22.9 Å². The summed E-state index contributed by atoms with van der Waals surface area (Å²) in [5.41, 5.74) is 0.563. The van der Waals surface area contributed by atoms with Crippen molar-refractivity contribution < 1.29 is 22.7 Å². The number of nitrogens with one attached hydrogen (secondary N) is 1. The SMILES string of the molecule is Cc1nc(NC(=O)c2ccccc2OC(C)C)sc1Cc1cc(C(F)(F)F)ccc1Cl. The number of anilines is 1. The van der Waals surface area contributed by atoms with Crippen LogP contribution in [0.3, 0.4) is 0 Å². The summed E-state index contributed by atoms with van der Waals surface area (Å²) in [6.45, 7) is 5.47. The number of nitrogens with zero attached hydrogens (tertiary/aromatic N) is 1. The van der Waals surface area contributed by atoms with Crippen molar-refractivity contribution in [1.82, 2.24) is 4.98 Å². The van der Waals surface area contributed by atoms with Crippen LogP contribution >= 0.6 is 22.9 Å². The zero-order valence-corrected chi connectivity index (χ0v) is 18.6. The molecule has 1 heterocycles. The lowest BCUT2D eigenvalue weighted by molar-refractivity contribution is -0.137. The van der Waals surface area contributed by atoms with Crippen LogP contribution in [0.2, 0.25) is 5.02 Å². The summed E-state index contributed by atoms with van der Waals surface area (Å²) in [7, 11) is 0. The van der Waals surface area contributed by atoms with Gasteiger partial charge in [-0.05, 0) is 56.7 Å². The highest BCUT2D eigenvalue weighted by molar-refractivity contribution is 7.15. The van der Waals surface area contributed by atoms with Gasteiger partial charge in [0.25, 0.3) is 5.91 Å². The number of amides is 1. The second-order valence-corrected chi connectivity index (χ2v) is 8.62. The van der Waals surface area contributed by atoms with Gasteiger partial charge in [0.1, 0.15) is 5.75 Å². The fourth-order valence-electron chi connectivity index (χ4n) is 2.88. The van der Waals surface area contributed by atoms with Crippen molar-refractivity contribution in [1.29, 1.82) is 0 Å². The number of hydrogen-bond donors (Lipinski definition) is 1. The molecule has 0 saturated heterocycles. The number of ether oxygens (including phenoxy) is 1. The molecule has 0 atom stereocenters. The van der Waals surface area contributed by atoms with Crippen molar-refractivity contribution >= 4 is 34.0 Å². The number of benzene rings is 2. The van der Waals surface area contributed by atoms with Crippen molar-refractivity contribution in [3.8, 4) is 5.75 Å². The van der Waals surface area contributed by atoms with Crippen LogP contribution in [-0.4, -0.2) is 17.0 Å². The maximum Gasteiger partial charge on any atom is 0.416 e.